The summed E-state index contributed by atoms with van der Waals surface area (Å²) in [5.74, 6) is 0.809. The van der Waals surface area contributed by atoms with E-state index in [1.54, 1.807) is 31.0 Å². The van der Waals surface area contributed by atoms with Crippen LogP contribution in [0.4, 0.5) is 18.9 Å². The molecule has 0 saturated heterocycles. The molecule has 0 fully saturated rings. The predicted octanol–water partition coefficient (Wildman–Crippen LogP) is 5.90. The number of alkyl halides is 3. The van der Waals surface area contributed by atoms with Crippen LogP contribution < -0.4 is 15.4 Å². The van der Waals surface area contributed by atoms with E-state index in [1.807, 2.05) is 33.0 Å². The molecular formula is C25H35F3N4O2S. The molecule has 3 N–H and O–H groups in total. The van der Waals surface area contributed by atoms with Gasteiger partial charge in [0, 0.05) is 27.3 Å². The summed E-state index contributed by atoms with van der Waals surface area (Å²) in [5, 5.41) is 21.1. The van der Waals surface area contributed by atoms with Crippen LogP contribution >= 0.6 is 11.8 Å². The molecule has 1 aliphatic heterocycles. The molecule has 194 valence electrons. The number of aliphatic hydroxyl groups excluding tert-OH is 1. The molecule has 1 atom stereocenters. The number of benzene rings is 2. The van der Waals surface area contributed by atoms with Crippen molar-refractivity contribution < 1.29 is 23.0 Å². The Hall–Kier alpha value is -2.90. The quantitative estimate of drug-likeness (QED) is 0.401. The average molecular weight is 513 g/mol. The minimum atomic E-state index is -4.29. The van der Waals surface area contributed by atoms with Crippen LogP contribution in [0.15, 0.2) is 47.5 Å². The van der Waals surface area contributed by atoms with E-state index in [0.29, 0.717) is 6.54 Å². The zero-order chi connectivity index (χ0) is 26.9. The van der Waals surface area contributed by atoms with E-state index in [1.165, 1.54) is 0 Å². The van der Waals surface area contributed by atoms with Crippen LogP contribution in [0.3, 0.4) is 0 Å². The lowest BCUT2D eigenvalue weighted by Crippen LogP contribution is -2.20. The summed E-state index contributed by atoms with van der Waals surface area (Å²) in [4.78, 5) is 4.56. The van der Waals surface area contributed by atoms with E-state index in [-0.39, 0.29) is 5.25 Å². The van der Waals surface area contributed by atoms with Crippen molar-refractivity contribution >= 4 is 22.6 Å². The SMILES string of the molecule is C#N.CC.CNc1ccc(C2CN=C(NCCCc3ccc(C(F)(F)F)cc3)S2)cc1OC.CO. The van der Waals surface area contributed by atoms with Gasteiger partial charge in [-0.05, 0) is 48.2 Å². The molecule has 1 unspecified atom stereocenters. The van der Waals surface area contributed by atoms with Gasteiger partial charge in [-0.3, -0.25) is 4.99 Å². The van der Waals surface area contributed by atoms with E-state index in [0.717, 1.165) is 66.4 Å². The molecule has 0 aliphatic carbocycles. The number of nitrogens with zero attached hydrogens (tertiary/aromatic N) is 2. The Morgan fingerprint density at radius 2 is 1.77 bits per heavy atom. The van der Waals surface area contributed by atoms with Gasteiger partial charge >= 0.3 is 6.18 Å². The molecule has 1 aliphatic rings. The zero-order valence-corrected chi connectivity index (χ0v) is 21.6. The van der Waals surface area contributed by atoms with Crippen molar-refractivity contribution in [3.05, 3.63) is 59.2 Å². The van der Waals surface area contributed by atoms with Crippen LogP contribution in [-0.4, -0.2) is 44.6 Å². The highest BCUT2D eigenvalue weighted by Crippen LogP contribution is 2.37. The molecule has 0 amide bonds. The summed E-state index contributed by atoms with van der Waals surface area (Å²) >= 11 is 1.69. The van der Waals surface area contributed by atoms with Crippen molar-refractivity contribution in [1.82, 2.24) is 5.32 Å². The first-order valence-electron chi connectivity index (χ1n) is 11.1. The van der Waals surface area contributed by atoms with Crippen LogP contribution in [-0.2, 0) is 12.6 Å². The van der Waals surface area contributed by atoms with Crippen molar-refractivity contribution in [1.29, 1.82) is 5.26 Å². The Balaban J connectivity index is 0.00000179. The number of amidine groups is 1. The second-order valence-corrected chi connectivity index (χ2v) is 7.88. The number of methoxy groups -OCH3 is 1. The van der Waals surface area contributed by atoms with Crippen molar-refractivity contribution in [2.24, 2.45) is 4.99 Å². The normalized spacial score (nSPS) is 14.0. The van der Waals surface area contributed by atoms with Gasteiger partial charge in [0.1, 0.15) is 5.75 Å². The molecule has 1 heterocycles. The number of hydrogen-bond donors (Lipinski definition) is 3. The lowest BCUT2D eigenvalue weighted by molar-refractivity contribution is -0.137. The molecule has 0 aromatic heterocycles. The molecule has 0 spiro atoms. The standard InChI is InChI=1S/C21H24F3N3OS.C2H6.CHN.CH4O/c1-25-17-10-7-15(12-18(17)28-2)19-13-27-20(29-19)26-11-3-4-14-5-8-16(9-6-14)21(22,23)24;3*1-2/h5-10,12,19,25H,3-4,11,13H2,1-2H3,(H,26,27);1-2H3;1H;2H,1H3. The van der Waals surface area contributed by atoms with Crippen molar-refractivity contribution in [2.45, 2.75) is 38.1 Å². The molecule has 0 saturated carbocycles. The summed E-state index contributed by atoms with van der Waals surface area (Å²) in [5.41, 5.74) is 2.40. The highest BCUT2D eigenvalue weighted by molar-refractivity contribution is 8.14. The first kappa shape index (κ1) is 32.1. The molecule has 6 nitrogen and oxygen atoms in total. The number of rotatable bonds is 7. The van der Waals surface area contributed by atoms with Crippen LogP contribution in [0.2, 0.25) is 0 Å². The van der Waals surface area contributed by atoms with E-state index >= 15 is 0 Å². The molecule has 10 heteroatoms. The number of aryl methyl sites for hydroxylation is 1. The largest absolute Gasteiger partial charge is 0.495 e. The molecule has 2 aromatic rings. The van der Waals surface area contributed by atoms with Crippen LogP contribution in [0, 0.1) is 11.8 Å². The summed E-state index contributed by atoms with van der Waals surface area (Å²) in [6.45, 7) is 8.93. The van der Waals surface area contributed by atoms with Gasteiger partial charge in [0.05, 0.1) is 30.2 Å². The molecule has 0 bridgehead atoms. The average Bonchev–Trinajstić information content (AvgIpc) is 3.38. The third-order valence-corrected chi connectivity index (χ3v) is 5.92. The maximum atomic E-state index is 12.6. The topological polar surface area (TPSA) is 89.7 Å². The Morgan fingerprint density at radius 3 is 2.31 bits per heavy atom. The fourth-order valence-electron chi connectivity index (χ4n) is 3.11. The maximum absolute atomic E-state index is 12.6. The minimum absolute atomic E-state index is 0.243. The fraction of sp³-hybridized carbons (Fsp3) is 0.440. The fourth-order valence-corrected chi connectivity index (χ4v) is 4.14. The Kier molecular flexibility index (Phi) is 16.1. The number of hydrogen-bond acceptors (Lipinski definition) is 7. The van der Waals surface area contributed by atoms with Crippen molar-refractivity contribution in [3.8, 4) is 12.3 Å². The minimum Gasteiger partial charge on any atom is -0.495 e. The van der Waals surface area contributed by atoms with Gasteiger partial charge in [-0.25, -0.2) is 5.26 Å². The second-order valence-electron chi connectivity index (χ2n) is 6.69. The molecule has 3 rings (SSSR count). The van der Waals surface area contributed by atoms with Gasteiger partial charge in [-0.15, -0.1) is 0 Å². The van der Waals surface area contributed by atoms with Gasteiger partial charge in [-0.1, -0.05) is 43.8 Å². The number of aliphatic imine (C=N–C) groups is 1. The number of anilines is 1. The third-order valence-electron chi connectivity index (χ3n) is 4.72. The smallest absolute Gasteiger partial charge is 0.416 e. The number of nitriles is 1. The molecule has 2 aromatic carbocycles. The first-order valence-corrected chi connectivity index (χ1v) is 12.0. The third kappa shape index (κ3) is 10.5. The Bertz CT molecular complexity index is 904. The molecular weight excluding hydrogens is 477 g/mol. The van der Waals surface area contributed by atoms with E-state index < -0.39 is 11.7 Å². The summed E-state index contributed by atoms with van der Waals surface area (Å²) in [7, 11) is 4.51. The van der Waals surface area contributed by atoms with Crippen LogP contribution in [0.1, 0.15) is 42.2 Å². The van der Waals surface area contributed by atoms with Gasteiger partial charge in [0.25, 0.3) is 0 Å². The van der Waals surface area contributed by atoms with E-state index in [2.05, 4.69) is 28.3 Å². The van der Waals surface area contributed by atoms with Crippen LogP contribution in [0.25, 0.3) is 0 Å². The van der Waals surface area contributed by atoms with E-state index in [4.69, 9.17) is 15.1 Å². The van der Waals surface area contributed by atoms with Gasteiger partial charge in [0.2, 0.25) is 0 Å². The lowest BCUT2D eigenvalue weighted by atomic mass is 10.1. The number of ether oxygens (including phenoxy) is 1. The Morgan fingerprint density at radius 1 is 1.14 bits per heavy atom. The van der Waals surface area contributed by atoms with E-state index in [9.17, 15) is 13.2 Å². The predicted molar refractivity (Wildman–Crippen MR) is 139 cm³/mol. The highest BCUT2D eigenvalue weighted by atomic mass is 32.2. The lowest BCUT2D eigenvalue weighted by Gasteiger charge is -2.14. The first-order chi connectivity index (χ1) is 16.9. The van der Waals surface area contributed by atoms with Crippen molar-refractivity contribution in [3.63, 3.8) is 0 Å². The summed E-state index contributed by atoms with van der Waals surface area (Å²) < 4.78 is 43.2. The molecule has 35 heavy (non-hydrogen) atoms. The number of nitrogens with one attached hydrogen (secondary N) is 2. The monoisotopic (exact) mass is 512 g/mol. The number of aliphatic hydroxyl groups is 1. The summed E-state index contributed by atoms with van der Waals surface area (Å²) in [6, 6.07) is 11.5. The summed E-state index contributed by atoms with van der Waals surface area (Å²) in [6.07, 6.45) is -2.75. The van der Waals surface area contributed by atoms with Gasteiger partial charge in [-0.2, -0.15) is 13.2 Å². The van der Waals surface area contributed by atoms with Gasteiger partial charge in [0.15, 0.2) is 5.17 Å². The highest BCUT2D eigenvalue weighted by Gasteiger charge is 2.29. The molecule has 0 radical (unpaired) electrons. The van der Waals surface area contributed by atoms with Crippen molar-refractivity contribution in [2.75, 3.05) is 39.7 Å². The number of halogens is 3. The maximum Gasteiger partial charge on any atom is 0.416 e. The van der Waals surface area contributed by atoms with Crippen LogP contribution in [0.5, 0.6) is 5.75 Å². The number of thioether (sulfide) groups is 1. The second kappa shape index (κ2) is 17.5. The zero-order valence-electron chi connectivity index (χ0n) is 20.8. The van der Waals surface area contributed by atoms with Gasteiger partial charge < -0.3 is 20.5 Å². The Labute approximate surface area is 210 Å².